The van der Waals surface area contributed by atoms with Gasteiger partial charge in [0.05, 0.1) is 5.56 Å². The lowest BCUT2D eigenvalue weighted by Gasteiger charge is -2.33. The van der Waals surface area contributed by atoms with Gasteiger partial charge in [-0.15, -0.1) is 0 Å². The number of rotatable bonds is 4. The zero-order valence-electron chi connectivity index (χ0n) is 14.1. The Morgan fingerprint density at radius 3 is 2.60 bits per heavy atom. The molecule has 0 fully saturated rings. The highest BCUT2D eigenvalue weighted by molar-refractivity contribution is 5.49. The second-order valence-electron chi connectivity index (χ2n) is 6.44. The summed E-state index contributed by atoms with van der Waals surface area (Å²) in [4.78, 5) is 4.12. The lowest BCUT2D eigenvalue weighted by Crippen LogP contribution is -2.45. The average Bonchev–Trinajstić information content (AvgIpc) is 2.93. The predicted molar refractivity (Wildman–Crippen MR) is 93.7 cm³/mol. The molecule has 2 aromatic rings. The molecule has 1 unspecified atom stereocenters. The number of hydrogen-bond acceptors (Lipinski definition) is 1. The summed E-state index contributed by atoms with van der Waals surface area (Å²) in [6.45, 7) is 7.69. The second-order valence-corrected chi connectivity index (χ2v) is 6.44. The Labute approximate surface area is 145 Å². The molecule has 0 bridgehead atoms. The van der Waals surface area contributed by atoms with Crippen molar-refractivity contribution < 1.29 is 13.2 Å². The molecule has 1 aromatic carbocycles. The number of para-hydroxylation sites is 1. The van der Waals surface area contributed by atoms with E-state index in [0.717, 1.165) is 23.2 Å². The smallest absolute Gasteiger partial charge is 0.279 e. The van der Waals surface area contributed by atoms with E-state index in [1.54, 1.807) is 0 Å². The topological polar surface area (TPSA) is 12.9 Å². The van der Waals surface area contributed by atoms with Crippen molar-refractivity contribution in [3.05, 3.63) is 83.7 Å². The maximum absolute atomic E-state index is 13.0. The molecule has 0 radical (unpaired) electrons. The maximum atomic E-state index is 13.0. The van der Waals surface area contributed by atoms with Crippen LogP contribution in [0.5, 0.6) is 0 Å². The van der Waals surface area contributed by atoms with Crippen LogP contribution in [0, 0.1) is 0 Å². The van der Waals surface area contributed by atoms with E-state index in [0.29, 0.717) is 29.7 Å². The number of quaternary nitrogens is 1. The fourth-order valence-corrected chi connectivity index (χ4v) is 3.45. The van der Waals surface area contributed by atoms with Crippen molar-refractivity contribution in [2.75, 3.05) is 6.54 Å². The van der Waals surface area contributed by atoms with Crippen LogP contribution in [0.2, 0.25) is 0 Å². The van der Waals surface area contributed by atoms with Crippen molar-refractivity contribution in [3.8, 4) is 0 Å². The summed E-state index contributed by atoms with van der Waals surface area (Å²) in [5.74, 6) is 0. The van der Waals surface area contributed by atoms with Crippen molar-refractivity contribution >= 4 is 5.69 Å². The highest BCUT2D eigenvalue weighted by Crippen LogP contribution is 2.38. The average molecular weight is 345 g/mol. The molecule has 0 amide bonds. The Kier molecular flexibility index (Phi) is 4.52. The minimum atomic E-state index is -4.37. The van der Waals surface area contributed by atoms with Crippen molar-refractivity contribution in [2.45, 2.75) is 26.2 Å². The molecular formula is C20H20F3N2+. The first-order valence-corrected chi connectivity index (χ1v) is 8.11. The van der Waals surface area contributed by atoms with Crippen LogP contribution in [0.1, 0.15) is 23.7 Å². The third-order valence-corrected chi connectivity index (χ3v) is 4.52. The number of benzene rings is 1. The van der Waals surface area contributed by atoms with Crippen LogP contribution in [0.4, 0.5) is 18.9 Å². The first-order valence-electron chi connectivity index (χ1n) is 8.11. The molecule has 0 saturated heterocycles. The molecule has 5 heteroatoms. The number of halogens is 3. The summed E-state index contributed by atoms with van der Waals surface area (Å²) in [6.07, 6.45) is 0.430. The van der Waals surface area contributed by atoms with E-state index in [-0.39, 0.29) is 0 Å². The molecule has 0 spiro atoms. The van der Waals surface area contributed by atoms with Crippen LogP contribution in [0.25, 0.3) is 0 Å². The molecule has 2 nitrogen and oxygen atoms in total. The minimum Gasteiger partial charge on any atom is -0.279 e. The fourth-order valence-electron chi connectivity index (χ4n) is 3.45. The van der Waals surface area contributed by atoms with Gasteiger partial charge in [-0.05, 0) is 30.7 Å². The number of fused-ring (bicyclic) bond motifs is 1. The highest BCUT2D eigenvalue weighted by Gasteiger charge is 2.41. The van der Waals surface area contributed by atoms with E-state index in [1.165, 1.54) is 6.07 Å². The van der Waals surface area contributed by atoms with Crippen molar-refractivity contribution in [1.29, 1.82) is 0 Å². The molecule has 3 rings (SSSR count). The quantitative estimate of drug-likeness (QED) is 0.544. The third kappa shape index (κ3) is 3.51. The highest BCUT2D eigenvalue weighted by atomic mass is 19.4. The van der Waals surface area contributed by atoms with Gasteiger partial charge in [-0.3, -0.25) is 9.47 Å². The Morgan fingerprint density at radius 2 is 1.96 bits per heavy atom. The molecule has 1 aliphatic rings. The van der Waals surface area contributed by atoms with Gasteiger partial charge in [0.2, 0.25) is 0 Å². The first kappa shape index (κ1) is 17.4. The summed E-state index contributed by atoms with van der Waals surface area (Å²) >= 11 is 0. The zero-order valence-corrected chi connectivity index (χ0v) is 14.1. The van der Waals surface area contributed by atoms with E-state index < -0.39 is 11.7 Å². The maximum Gasteiger partial charge on any atom is 0.417 e. The number of allylic oxidation sites excluding steroid dienone is 1. The molecule has 0 aliphatic carbocycles. The molecule has 1 atom stereocenters. The van der Waals surface area contributed by atoms with E-state index in [1.807, 2.05) is 49.4 Å². The van der Waals surface area contributed by atoms with Crippen LogP contribution < -0.4 is 4.48 Å². The summed E-state index contributed by atoms with van der Waals surface area (Å²) in [6, 6.07) is 11.1. The van der Waals surface area contributed by atoms with Crippen molar-refractivity contribution in [2.24, 2.45) is 0 Å². The summed E-state index contributed by atoms with van der Waals surface area (Å²) in [7, 11) is 0. The lowest BCUT2D eigenvalue weighted by molar-refractivity contribution is -0.137. The molecule has 130 valence electrons. The Hall–Kier alpha value is -2.40. The van der Waals surface area contributed by atoms with Crippen LogP contribution in [0.3, 0.4) is 0 Å². The molecule has 25 heavy (non-hydrogen) atoms. The van der Waals surface area contributed by atoms with Gasteiger partial charge in [0.25, 0.3) is 0 Å². The summed E-state index contributed by atoms with van der Waals surface area (Å²) in [5, 5.41) is 0. The van der Waals surface area contributed by atoms with Gasteiger partial charge < -0.3 is 0 Å². The number of hydrogen-bond donors (Lipinski definition) is 0. The Balaban J connectivity index is 2.01. The Morgan fingerprint density at radius 1 is 1.24 bits per heavy atom. The van der Waals surface area contributed by atoms with Gasteiger partial charge in [-0.2, -0.15) is 13.2 Å². The molecule has 1 aromatic heterocycles. The van der Waals surface area contributed by atoms with Gasteiger partial charge in [0.15, 0.2) is 0 Å². The van der Waals surface area contributed by atoms with E-state index in [9.17, 15) is 13.2 Å². The monoisotopic (exact) mass is 345 g/mol. The molecule has 0 saturated carbocycles. The number of pyridine rings is 1. The van der Waals surface area contributed by atoms with Crippen LogP contribution in [-0.2, 0) is 19.3 Å². The number of nitrogens with zero attached hydrogens (tertiary/aromatic N) is 2. The van der Waals surface area contributed by atoms with E-state index >= 15 is 0 Å². The van der Waals surface area contributed by atoms with Gasteiger partial charge >= 0.3 is 6.18 Å². The van der Waals surface area contributed by atoms with Gasteiger partial charge in [0.1, 0.15) is 31.0 Å². The first-order chi connectivity index (χ1) is 11.8. The van der Waals surface area contributed by atoms with Crippen molar-refractivity contribution in [3.63, 3.8) is 0 Å². The second kappa shape index (κ2) is 6.48. The zero-order chi connectivity index (χ0) is 18.1. The van der Waals surface area contributed by atoms with Crippen LogP contribution in [-0.4, -0.2) is 11.5 Å². The van der Waals surface area contributed by atoms with Gasteiger partial charge in [-0.1, -0.05) is 36.9 Å². The molecular weight excluding hydrogens is 325 g/mol. The van der Waals surface area contributed by atoms with Crippen LogP contribution in [0.15, 0.2) is 66.9 Å². The van der Waals surface area contributed by atoms with E-state index in [4.69, 9.17) is 0 Å². The van der Waals surface area contributed by atoms with Crippen molar-refractivity contribution in [1.82, 2.24) is 9.47 Å². The molecule has 1 aliphatic heterocycles. The SMILES string of the molecule is C=C(/C=C\C)C[N+]1(c2ccccc2)Cc2cc(C(F)(F)F)cnc2C1. The number of aromatic nitrogens is 1. The van der Waals surface area contributed by atoms with Gasteiger partial charge in [-0.25, -0.2) is 0 Å². The predicted octanol–water partition coefficient (Wildman–Crippen LogP) is 5.25. The van der Waals surface area contributed by atoms with Crippen LogP contribution >= 0.6 is 0 Å². The fraction of sp³-hybridized carbons (Fsp3) is 0.250. The minimum absolute atomic E-state index is 0.479. The van der Waals surface area contributed by atoms with E-state index in [2.05, 4.69) is 11.6 Å². The normalized spacial score (nSPS) is 20.0. The largest absolute Gasteiger partial charge is 0.417 e. The summed E-state index contributed by atoms with van der Waals surface area (Å²) < 4.78 is 39.5. The molecule has 2 heterocycles. The standard InChI is InChI=1S/C20H20F3N2/c1-3-7-15(2)12-25(18-8-5-4-6-9-18)13-16-10-17(20(21,22)23)11-24-19(16)14-25/h3-11H,2,12-14H2,1H3/q+1/b7-3-. The number of alkyl halides is 3. The summed E-state index contributed by atoms with van der Waals surface area (Å²) in [5.41, 5.74) is 2.69. The Bertz CT molecular complexity index is 809. The third-order valence-electron chi connectivity index (χ3n) is 4.52. The lowest BCUT2D eigenvalue weighted by atomic mass is 10.1. The molecule has 0 N–H and O–H groups in total. The van der Waals surface area contributed by atoms with Gasteiger partial charge in [0, 0.05) is 11.8 Å².